The highest BCUT2D eigenvalue weighted by Gasteiger charge is 2.34. The van der Waals surface area contributed by atoms with Crippen LogP contribution in [0.5, 0.6) is 0 Å². The number of hydrogen-bond donors (Lipinski definition) is 2. The summed E-state index contributed by atoms with van der Waals surface area (Å²) in [5.74, 6) is -0.0822. The van der Waals surface area contributed by atoms with Crippen LogP contribution in [0.1, 0.15) is 24.3 Å². The Morgan fingerprint density at radius 1 is 0.923 bits per heavy atom. The van der Waals surface area contributed by atoms with Crippen LogP contribution in [0.25, 0.3) is 0 Å². The Labute approximate surface area is 77.8 Å². The van der Waals surface area contributed by atoms with Crippen LogP contribution in [0.2, 0.25) is 0 Å². The number of hydrogen-bond acceptors (Lipinski definition) is 2. The third kappa shape index (κ3) is 1.60. The first-order chi connectivity index (χ1) is 6.29. The SMILES string of the molecule is OC1CCC(O)C1c1ccccc1. The molecule has 2 nitrogen and oxygen atoms in total. The zero-order valence-corrected chi connectivity index (χ0v) is 7.43. The molecule has 0 saturated heterocycles. The summed E-state index contributed by atoms with van der Waals surface area (Å²) in [4.78, 5) is 0. The van der Waals surface area contributed by atoms with Gasteiger partial charge in [0.2, 0.25) is 0 Å². The molecule has 2 rings (SSSR count). The van der Waals surface area contributed by atoms with E-state index in [0.717, 1.165) is 5.56 Å². The lowest BCUT2D eigenvalue weighted by molar-refractivity contribution is 0.108. The van der Waals surface area contributed by atoms with E-state index in [1.165, 1.54) is 0 Å². The van der Waals surface area contributed by atoms with E-state index in [1.54, 1.807) is 0 Å². The monoisotopic (exact) mass is 178 g/mol. The molecule has 2 atom stereocenters. The predicted molar refractivity (Wildman–Crippen MR) is 50.4 cm³/mol. The van der Waals surface area contributed by atoms with E-state index in [1.807, 2.05) is 30.3 Å². The fourth-order valence-electron chi connectivity index (χ4n) is 2.08. The van der Waals surface area contributed by atoms with Gasteiger partial charge in [0, 0.05) is 5.92 Å². The lowest BCUT2D eigenvalue weighted by atomic mass is 9.94. The molecule has 1 aliphatic carbocycles. The fourth-order valence-corrected chi connectivity index (χ4v) is 2.08. The standard InChI is InChI=1S/C11H14O2/c12-9-6-7-10(13)11(9)8-4-2-1-3-5-8/h1-5,9-13H,6-7H2. The zero-order chi connectivity index (χ0) is 9.26. The molecule has 0 spiro atoms. The van der Waals surface area contributed by atoms with Gasteiger partial charge in [-0.15, -0.1) is 0 Å². The topological polar surface area (TPSA) is 40.5 Å². The van der Waals surface area contributed by atoms with Crippen molar-refractivity contribution < 1.29 is 10.2 Å². The Kier molecular flexibility index (Phi) is 2.34. The molecule has 1 saturated carbocycles. The van der Waals surface area contributed by atoms with E-state index < -0.39 is 0 Å². The smallest absolute Gasteiger partial charge is 0.0634 e. The molecule has 1 aliphatic rings. The maximum atomic E-state index is 9.65. The lowest BCUT2D eigenvalue weighted by Gasteiger charge is -2.18. The molecular formula is C11H14O2. The second-order valence-corrected chi connectivity index (χ2v) is 3.65. The van der Waals surface area contributed by atoms with Crippen molar-refractivity contribution in [1.82, 2.24) is 0 Å². The van der Waals surface area contributed by atoms with Crippen molar-refractivity contribution >= 4 is 0 Å². The maximum absolute atomic E-state index is 9.65. The molecule has 2 N–H and O–H groups in total. The summed E-state index contributed by atoms with van der Waals surface area (Å²) in [6, 6.07) is 9.74. The van der Waals surface area contributed by atoms with E-state index in [9.17, 15) is 10.2 Å². The van der Waals surface area contributed by atoms with Crippen LogP contribution < -0.4 is 0 Å². The van der Waals surface area contributed by atoms with Gasteiger partial charge < -0.3 is 10.2 Å². The molecule has 0 radical (unpaired) electrons. The van der Waals surface area contributed by atoms with E-state index in [2.05, 4.69) is 0 Å². The second-order valence-electron chi connectivity index (χ2n) is 3.65. The number of aliphatic hydroxyl groups excluding tert-OH is 2. The first-order valence-electron chi connectivity index (χ1n) is 4.70. The summed E-state index contributed by atoms with van der Waals surface area (Å²) in [5, 5.41) is 19.3. The normalized spacial score (nSPS) is 33.5. The van der Waals surface area contributed by atoms with Gasteiger partial charge in [-0.05, 0) is 18.4 Å². The zero-order valence-electron chi connectivity index (χ0n) is 7.43. The number of benzene rings is 1. The largest absolute Gasteiger partial charge is 0.392 e. The summed E-state index contributed by atoms with van der Waals surface area (Å²) in [5.41, 5.74) is 1.04. The molecule has 1 fully saturated rings. The first-order valence-corrected chi connectivity index (χ1v) is 4.70. The quantitative estimate of drug-likeness (QED) is 0.680. The van der Waals surface area contributed by atoms with Gasteiger partial charge in [-0.2, -0.15) is 0 Å². The molecule has 0 amide bonds. The highest BCUT2D eigenvalue weighted by atomic mass is 16.3. The van der Waals surface area contributed by atoms with Gasteiger partial charge in [-0.3, -0.25) is 0 Å². The molecule has 1 aromatic rings. The minimum Gasteiger partial charge on any atom is -0.392 e. The van der Waals surface area contributed by atoms with Crippen LogP contribution in [0.15, 0.2) is 30.3 Å². The molecule has 2 unspecified atom stereocenters. The fraction of sp³-hybridized carbons (Fsp3) is 0.455. The Hall–Kier alpha value is -0.860. The van der Waals surface area contributed by atoms with E-state index in [0.29, 0.717) is 12.8 Å². The van der Waals surface area contributed by atoms with Crippen LogP contribution in [-0.4, -0.2) is 22.4 Å². The predicted octanol–water partition coefficient (Wildman–Crippen LogP) is 1.29. The van der Waals surface area contributed by atoms with Crippen molar-refractivity contribution in [2.45, 2.75) is 31.0 Å². The van der Waals surface area contributed by atoms with Crippen molar-refractivity contribution in [2.24, 2.45) is 0 Å². The van der Waals surface area contributed by atoms with Gasteiger partial charge >= 0.3 is 0 Å². The van der Waals surface area contributed by atoms with Crippen molar-refractivity contribution in [3.05, 3.63) is 35.9 Å². The second kappa shape index (κ2) is 3.48. The minimum atomic E-state index is -0.377. The van der Waals surface area contributed by atoms with E-state index in [4.69, 9.17) is 0 Å². The molecule has 70 valence electrons. The third-order valence-corrected chi connectivity index (χ3v) is 2.77. The van der Waals surface area contributed by atoms with Crippen LogP contribution >= 0.6 is 0 Å². The molecule has 0 aliphatic heterocycles. The average molecular weight is 178 g/mol. The van der Waals surface area contributed by atoms with E-state index in [-0.39, 0.29) is 18.1 Å². The van der Waals surface area contributed by atoms with Crippen LogP contribution in [0.3, 0.4) is 0 Å². The van der Waals surface area contributed by atoms with Gasteiger partial charge in [-0.25, -0.2) is 0 Å². The molecule has 1 aromatic carbocycles. The Bertz CT molecular complexity index is 261. The Morgan fingerprint density at radius 3 is 2.00 bits per heavy atom. The Morgan fingerprint density at radius 2 is 1.46 bits per heavy atom. The molecular weight excluding hydrogens is 164 g/mol. The highest BCUT2D eigenvalue weighted by Crippen LogP contribution is 2.34. The average Bonchev–Trinajstić information content (AvgIpc) is 2.48. The van der Waals surface area contributed by atoms with Crippen molar-refractivity contribution in [3.63, 3.8) is 0 Å². The van der Waals surface area contributed by atoms with Gasteiger partial charge in [0.05, 0.1) is 12.2 Å². The molecule has 2 heteroatoms. The van der Waals surface area contributed by atoms with Crippen LogP contribution in [0, 0.1) is 0 Å². The van der Waals surface area contributed by atoms with Gasteiger partial charge in [-0.1, -0.05) is 30.3 Å². The molecule has 0 heterocycles. The highest BCUT2D eigenvalue weighted by molar-refractivity contribution is 5.23. The van der Waals surface area contributed by atoms with Gasteiger partial charge in [0.15, 0.2) is 0 Å². The van der Waals surface area contributed by atoms with Crippen LogP contribution in [-0.2, 0) is 0 Å². The van der Waals surface area contributed by atoms with Crippen molar-refractivity contribution in [3.8, 4) is 0 Å². The summed E-state index contributed by atoms with van der Waals surface area (Å²) < 4.78 is 0. The summed E-state index contributed by atoms with van der Waals surface area (Å²) in [7, 11) is 0. The van der Waals surface area contributed by atoms with E-state index >= 15 is 0 Å². The number of aliphatic hydroxyl groups is 2. The van der Waals surface area contributed by atoms with Crippen molar-refractivity contribution in [1.29, 1.82) is 0 Å². The molecule has 0 aromatic heterocycles. The molecule has 13 heavy (non-hydrogen) atoms. The summed E-state index contributed by atoms with van der Waals surface area (Å²) >= 11 is 0. The minimum absolute atomic E-state index is 0.0822. The lowest BCUT2D eigenvalue weighted by Crippen LogP contribution is -2.20. The van der Waals surface area contributed by atoms with Gasteiger partial charge in [0.1, 0.15) is 0 Å². The summed E-state index contributed by atoms with van der Waals surface area (Å²) in [6.07, 6.45) is 0.663. The molecule has 0 bridgehead atoms. The summed E-state index contributed by atoms with van der Waals surface area (Å²) in [6.45, 7) is 0. The Balaban J connectivity index is 2.25. The van der Waals surface area contributed by atoms with Crippen molar-refractivity contribution in [2.75, 3.05) is 0 Å². The third-order valence-electron chi connectivity index (χ3n) is 2.77. The van der Waals surface area contributed by atoms with Gasteiger partial charge in [0.25, 0.3) is 0 Å². The number of rotatable bonds is 1. The first kappa shape index (κ1) is 8.73. The maximum Gasteiger partial charge on any atom is 0.0634 e. The van der Waals surface area contributed by atoms with Crippen LogP contribution in [0.4, 0.5) is 0 Å².